The number of rotatable bonds is 11. The summed E-state index contributed by atoms with van der Waals surface area (Å²) >= 11 is 0. The van der Waals surface area contributed by atoms with Gasteiger partial charge in [0.25, 0.3) is 10.0 Å². The molecule has 1 amide bonds. The van der Waals surface area contributed by atoms with Gasteiger partial charge in [0.1, 0.15) is 5.60 Å². The molecule has 0 atom stereocenters. The number of carbonyl (C=O) groups excluding carboxylic acids is 1. The molecule has 2 N–H and O–H groups in total. The fraction of sp³-hybridized carbons (Fsp3) is 0.632. The Kier molecular flexibility index (Phi) is 9.57. The van der Waals surface area contributed by atoms with Crippen molar-refractivity contribution in [3.05, 3.63) is 24.3 Å². The normalized spacial score (nSPS) is 12.6. The quantitative estimate of drug-likeness (QED) is 0.494. The lowest BCUT2D eigenvalue weighted by Gasteiger charge is -2.19. The SMILES string of the molecule is CCCCCCCCS(=O)(=O)NS(=O)(=O)c1ccc(NC(=O)OC(C)(C)C)cc1. The molecular formula is C19H32N2O6S2. The lowest BCUT2D eigenvalue weighted by atomic mass is 10.1. The Morgan fingerprint density at radius 2 is 1.48 bits per heavy atom. The topological polar surface area (TPSA) is 119 Å². The molecule has 0 aliphatic carbocycles. The van der Waals surface area contributed by atoms with E-state index in [0.717, 1.165) is 32.1 Å². The molecule has 0 fully saturated rings. The number of anilines is 1. The summed E-state index contributed by atoms with van der Waals surface area (Å²) in [5.41, 5.74) is -0.338. The molecule has 0 radical (unpaired) electrons. The van der Waals surface area contributed by atoms with E-state index in [1.807, 2.05) is 0 Å². The minimum atomic E-state index is -4.23. The summed E-state index contributed by atoms with van der Waals surface area (Å²) in [4.78, 5) is 11.5. The molecule has 0 spiro atoms. The van der Waals surface area contributed by atoms with Crippen LogP contribution in [0, 0.1) is 0 Å². The van der Waals surface area contributed by atoms with Crippen LogP contribution in [0.5, 0.6) is 0 Å². The van der Waals surface area contributed by atoms with Gasteiger partial charge in [-0.1, -0.05) is 39.0 Å². The van der Waals surface area contributed by atoms with Crippen molar-refractivity contribution >= 4 is 31.8 Å². The predicted molar refractivity (Wildman–Crippen MR) is 114 cm³/mol. The number of hydrogen-bond acceptors (Lipinski definition) is 6. The van der Waals surface area contributed by atoms with Gasteiger partial charge in [-0.25, -0.2) is 21.6 Å². The summed E-state index contributed by atoms with van der Waals surface area (Å²) in [5.74, 6) is -0.239. The van der Waals surface area contributed by atoms with Crippen LogP contribution < -0.4 is 9.44 Å². The zero-order valence-corrected chi connectivity index (χ0v) is 19.2. The van der Waals surface area contributed by atoms with Crippen LogP contribution >= 0.6 is 0 Å². The molecule has 8 nitrogen and oxygen atoms in total. The van der Waals surface area contributed by atoms with Crippen LogP contribution in [0.1, 0.15) is 66.2 Å². The second-order valence-electron chi connectivity index (χ2n) is 7.82. The van der Waals surface area contributed by atoms with Crippen LogP contribution in [0.4, 0.5) is 10.5 Å². The average molecular weight is 449 g/mol. The lowest BCUT2D eigenvalue weighted by Crippen LogP contribution is -2.32. The Hall–Kier alpha value is -1.65. The van der Waals surface area contributed by atoms with Crippen LogP contribution in [0.2, 0.25) is 0 Å². The predicted octanol–water partition coefficient (Wildman–Crippen LogP) is 4.00. The van der Waals surface area contributed by atoms with E-state index in [1.165, 1.54) is 24.3 Å². The molecule has 0 aliphatic rings. The van der Waals surface area contributed by atoms with E-state index < -0.39 is 31.7 Å². The van der Waals surface area contributed by atoms with Gasteiger partial charge >= 0.3 is 6.09 Å². The van der Waals surface area contributed by atoms with E-state index >= 15 is 0 Å². The first-order chi connectivity index (χ1) is 13.3. The second-order valence-corrected chi connectivity index (χ2v) is 11.6. The van der Waals surface area contributed by atoms with Crippen molar-refractivity contribution in [1.82, 2.24) is 4.13 Å². The van der Waals surface area contributed by atoms with E-state index in [4.69, 9.17) is 4.74 Å². The van der Waals surface area contributed by atoms with E-state index in [1.54, 1.807) is 24.9 Å². The molecule has 166 valence electrons. The lowest BCUT2D eigenvalue weighted by molar-refractivity contribution is 0.0636. The summed E-state index contributed by atoms with van der Waals surface area (Å²) in [6.07, 6.45) is 4.67. The molecule has 1 aromatic rings. The summed E-state index contributed by atoms with van der Waals surface area (Å²) in [6, 6.07) is 5.16. The summed E-state index contributed by atoms with van der Waals surface area (Å²) in [6.45, 7) is 7.26. The van der Waals surface area contributed by atoms with Crippen molar-refractivity contribution in [2.45, 2.75) is 76.7 Å². The Balaban J connectivity index is 2.64. The van der Waals surface area contributed by atoms with Gasteiger partial charge in [-0.3, -0.25) is 5.32 Å². The number of sulfonamides is 2. The Labute approximate surface area is 174 Å². The number of ether oxygens (including phenoxy) is 1. The van der Waals surface area contributed by atoms with Crippen molar-refractivity contribution in [1.29, 1.82) is 0 Å². The van der Waals surface area contributed by atoms with Crippen LogP contribution in [0.25, 0.3) is 0 Å². The molecule has 0 heterocycles. The molecular weight excluding hydrogens is 416 g/mol. The van der Waals surface area contributed by atoms with Gasteiger partial charge in [-0.2, -0.15) is 0 Å². The first kappa shape index (κ1) is 25.4. The highest BCUT2D eigenvalue weighted by Gasteiger charge is 2.23. The largest absolute Gasteiger partial charge is 0.444 e. The van der Waals surface area contributed by atoms with Crippen LogP contribution in [-0.2, 0) is 24.8 Å². The minimum Gasteiger partial charge on any atom is -0.444 e. The van der Waals surface area contributed by atoms with Crippen molar-refractivity contribution in [3.8, 4) is 0 Å². The van der Waals surface area contributed by atoms with Crippen molar-refractivity contribution < 1.29 is 26.4 Å². The molecule has 0 aliphatic heterocycles. The molecule has 29 heavy (non-hydrogen) atoms. The van der Waals surface area contributed by atoms with E-state index in [-0.39, 0.29) is 10.6 Å². The smallest absolute Gasteiger partial charge is 0.412 e. The van der Waals surface area contributed by atoms with Crippen molar-refractivity contribution in [3.63, 3.8) is 0 Å². The van der Waals surface area contributed by atoms with Gasteiger partial charge in [-0.05, 0) is 51.5 Å². The number of hydrogen-bond donors (Lipinski definition) is 2. The van der Waals surface area contributed by atoms with E-state index in [9.17, 15) is 21.6 Å². The molecule has 10 heteroatoms. The highest BCUT2D eigenvalue weighted by Crippen LogP contribution is 2.16. The van der Waals surface area contributed by atoms with Gasteiger partial charge in [0.05, 0.1) is 10.6 Å². The van der Waals surface area contributed by atoms with E-state index in [2.05, 4.69) is 12.2 Å². The summed E-state index contributed by atoms with van der Waals surface area (Å²) in [7, 11) is -8.18. The Bertz CT molecular complexity index is 857. The minimum absolute atomic E-state index is 0.209. The van der Waals surface area contributed by atoms with Gasteiger partial charge in [0.15, 0.2) is 0 Å². The third kappa shape index (κ3) is 10.6. The van der Waals surface area contributed by atoms with Crippen molar-refractivity contribution in [2.75, 3.05) is 11.1 Å². The van der Waals surface area contributed by atoms with Gasteiger partial charge < -0.3 is 4.74 Å². The zero-order valence-electron chi connectivity index (χ0n) is 17.5. The van der Waals surface area contributed by atoms with Crippen LogP contribution in [-0.4, -0.2) is 34.3 Å². The van der Waals surface area contributed by atoms with Gasteiger partial charge in [0, 0.05) is 5.69 Å². The third-order valence-corrected chi connectivity index (χ3v) is 7.43. The van der Waals surface area contributed by atoms with Crippen molar-refractivity contribution in [2.24, 2.45) is 0 Å². The van der Waals surface area contributed by atoms with E-state index in [0.29, 0.717) is 12.1 Å². The number of carbonyl (C=O) groups is 1. The fourth-order valence-electron chi connectivity index (χ4n) is 2.47. The number of unbranched alkanes of at least 4 members (excludes halogenated alkanes) is 5. The first-order valence-electron chi connectivity index (χ1n) is 9.71. The molecule has 0 saturated carbocycles. The maximum atomic E-state index is 12.3. The Morgan fingerprint density at radius 3 is 2.03 bits per heavy atom. The zero-order chi connectivity index (χ0) is 22.1. The fourth-order valence-corrected chi connectivity index (χ4v) is 5.60. The summed E-state index contributed by atoms with van der Waals surface area (Å²) in [5, 5.41) is 2.48. The third-order valence-electron chi connectivity index (χ3n) is 3.81. The van der Waals surface area contributed by atoms with Gasteiger partial charge in [0.2, 0.25) is 10.0 Å². The molecule has 0 unspecified atom stereocenters. The number of benzene rings is 1. The summed E-state index contributed by atoms with van der Waals surface area (Å²) < 4.78 is 55.7. The molecule has 1 rings (SSSR count). The standard InChI is InChI=1S/C19H32N2O6S2/c1-5-6-7-8-9-10-15-28(23,24)21-29(25,26)17-13-11-16(12-14-17)20-18(22)27-19(2,3)4/h11-14,21H,5-10,15H2,1-4H3,(H,20,22). The maximum absolute atomic E-state index is 12.3. The highest BCUT2D eigenvalue weighted by atomic mass is 32.3. The van der Waals surface area contributed by atoms with Crippen LogP contribution in [0.3, 0.4) is 0 Å². The second kappa shape index (κ2) is 10.9. The molecule has 0 aromatic heterocycles. The highest BCUT2D eigenvalue weighted by molar-refractivity contribution is 8.04. The molecule has 1 aromatic carbocycles. The van der Waals surface area contributed by atoms with Crippen LogP contribution in [0.15, 0.2) is 29.2 Å². The Morgan fingerprint density at radius 1 is 0.931 bits per heavy atom. The average Bonchev–Trinajstić information content (AvgIpc) is 2.55. The maximum Gasteiger partial charge on any atom is 0.412 e. The molecule has 0 saturated heterocycles. The molecule has 0 bridgehead atoms. The number of amides is 1. The number of nitrogens with one attached hydrogen (secondary N) is 2. The first-order valence-corrected chi connectivity index (χ1v) is 12.8. The monoisotopic (exact) mass is 448 g/mol. The van der Waals surface area contributed by atoms with Gasteiger partial charge in [-0.15, -0.1) is 4.13 Å².